The number of halogens is 1. The summed E-state index contributed by atoms with van der Waals surface area (Å²) in [5.74, 6) is 2.61. The van der Waals surface area contributed by atoms with Gasteiger partial charge in [0.15, 0.2) is 5.82 Å². The molecule has 41 heavy (non-hydrogen) atoms. The lowest BCUT2D eigenvalue weighted by molar-refractivity contribution is -0.215. The summed E-state index contributed by atoms with van der Waals surface area (Å²) in [6, 6.07) is 7.75. The fourth-order valence-corrected chi connectivity index (χ4v) is 8.22. The first kappa shape index (κ1) is 25.4. The molecule has 0 radical (unpaired) electrons. The van der Waals surface area contributed by atoms with Crippen LogP contribution in [0.25, 0.3) is 11.5 Å². The maximum Gasteiger partial charge on any atom is 0.414 e. The van der Waals surface area contributed by atoms with Gasteiger partial charge in [-0.2, -0.15) is 4.98 Å². The number of fused-ring (bicyclic) bond motifs is 3. The highest BCUT2D eigenvalue weighted by Gasteiger charge is 2.69. The summed E-state index contributed by atoms with van der Waals surface area (Å²) in [5, 5.41) is 12.4. The molecule has 2 heterocycles. The van der Waals surface area contributed by atoms with Gasteiger partial charge < -0.3 is 18.6 Å². The highest BCUT2D eigenvalue weighted by Crippen LogP contribution is 2.71. The van der Waals surface area contributed by atoms with Crippen LogP contribution in [-0.4, -0.2) is 45.1 Å². The molecule has 0 saturated heterocycles. The Labute approximate surface area is 238 Å². The van der Waals surface area contributed by atoms with Crippen LogP contribution in [-0.2, 0) is 10.2 Å². The van der Waals surface area contributed by atoms with Crippen molar-refractivity contribution in [2.75, 3.05) is 18.1 Å². The Morgan fingerprint density at radius 2 is 1.83 bits per heavy atom. The smallest absolute Gasteiger partial charge is 0.414 e. The molecule has 0 atom stereocenters. The van der Waals surface area contributed by atoms with E-state index in [4.69, 9.17) is 18.7 Å². The van der Waals surface area contributed by atoms with E-state index in [2.05, 4.69) is 15.4 Å². The number of carbonyl (C=O) groups excluding carboxylic acids is 1. The molecule has 1 aromatic carbocycles. The van der Waals surface area contributed by atoms with Crippen LogP contribution in [0.15, 0.2) is 33.2 Å². The van der Waals surface area contributed by atoms with Gasteiger partial charge in [-0.25, -0.2) is 4.39 Å². The van der Waals surface area contributed by atoms with Crippen molar-refractivity contribution in [3.63, 3.8) is 0 Å². The number of ether oxygens (including phenoxy) is 1. The Morgan fingerprint density at radius 1 is 1.07 bits per heavy atom. The number of aromatic nitrogens is 4. The number of anilines is 1. The summed E-state index contributed by atoms with van der Waals surface area (Å²) < 4.78 is 31.2. The second kappa shape index (κ2) is 8.85. The van der Waals surface area contributed by atoms with Gasteiger partial charge >= 0.3 is 6.08 Å². The van der Waals surface area contributed by atoms with Gasteiger partial charge in [0, 0.05) is 35.5 Å². The third kappa shape index (κ3) is 4.27. The number of rotatable bonds is 10. The second-order valence-electron chi connectivity index (χ2n) is 13.7. The summed E-state index contributed by atoms with van der Waals surface area (Å²) in [7, 11) is 0. The van der Waals surface area contributed by atoms with Crippen LogP contribution in [0.2, 0.25) is 0 Å². The molecule has 9 nitrogen and oxygen atoms in total. The van der Waals surface area contributed by atoms with E-state index in [1.807, 2.05) is 36.1 Å². The Morgan fingerprint density at radius 3 is 2.51 bits per heavy atom. The highest BCUT2D eigenvalue weighted by atomic mass is 19.1. The van der Waals surface area contributed by atoms with Crippen LogP contribution in [0.4, 0.5) is 10.1 Å². The minimum Gasteiger partial charge on any atom is -0.449 e. The zero-order valence-corrected chi connectivity index (χ0v) is 23.5. The van der Waals surface area contributed by atoms with E-state index in [9.17, 15) is 9.18 Å². The van der Waals surface area contributed by atoms with Crippen LogP contribution in [0.1, 0.15) is 102 Å². The predicted molar refractivity (Wildman–Crippen MR) is 146 cm³/mol. The lowest BCUT2D eigenvalue weighted by atomic mass is 9.41. The van der Waals surface area contributed by atoms with E-state index >= 15 is 0 Å². The molecule has 0 spiro atoms. The van der Waals surface area contributed by atoms with Crippen LogP contribution in [0.3, 0.4) is 0 Å². The zero-order valence-electron chi connectivity index (χ0n) is 23.5. The Kier molecular flexibility index (Phi) is 5.49. The molecule has 0 unspecified atom stereocenters. The zero-order chi connectivity index (χ0) is 27.9. The lowest BCUT2D eigenvalue weighted by Crippen LogP contribution is -2.65. The average molecular weight is 562 g/mol. The van der Waals surface area contributed by atoms with Gasteiger partial charge in [-0.05, 0) is 107 Å². The van der Waals surface area contributed by atoms with Crippen molar-refractivity contribution in [3.8, 4) is 17.5 Å². The first-order valence-electron chi connectivity index (χ1n) is 15.2. The number of nitrogens with zero attached hydrogens (tertiary/aromatic N) is 5. The Bertz CT molecular complexity index is 1450. The van der Waals surface area contributed by atoms with E-state index < -0.39 is 5.67 Å². The van der Waals surface area contributed by atoms with Crippen LogP contribution in [0, 0.1) is 10.8 Å². The maximum absolute atomic E-state index is 14.3. The Balaban J connectivity index is 1.04. The number of carbonyl (C=O) groups is 1. The van der Waals surface area contributed by atoms with E-state index in [1.165, 1.54) is 0 Å². The van der Waals surface area contributed by atoms with E-state index in [0.29, 0.717) is 50.6 Å². The van der Waals surface area contributed by atoms with Crippen molar-refractivity contribution in [2.45, 2.75) is 101 Å². The third-order valence-electron chi connectivity index (χ3n) is 10.7. The van der Waals surface area contributed by atoms with Crippen LogP contribution >= 0.6 is 0 Å². The predicted octanol–water partition coefficient (Wildman–Crippen LogP) is 6.30. The van der Waals surface area contributed by atoms with Crippen molar-refractivity contribution >= 4 is 11.6 Å². The van der Waals surface area contributed by atoms with E-state index in [1.54, 1.807) is 0 Å². The standard InChI is InChI=1S/C31H36FN5O4/c1-2-39-27-35-34-25(40-27)21-4-3-5-22(14-21)37(23(38)15-29-16-31(32,17-29)18-29)19-28-8-11-30(12-9-28,13-10-28)26-33-24(36-41-26)20-6-7-20/h3-5,14,20H,2,6-13,15-19H2,1H3. The molecule has 216 valence electrons. The van der Waals surface area contributed by atoms with Gasteiger partial charge in [0.2, 0.25) is 11.8 Å². The quantitative estimate of drug-likeness (QED) is 0.284. The highest BCUT2D eigenvalue weighted by molar-refractivity contribution is 5.94. The van der Waals surface area contributed by atoms with Gasteiger partial charge in [-0.15, -0.1) is 5.10 Å². The van der Waals surface area contributed by atoms with Gasteiger partial charge in [0.1, 0.15) is 5.67 Å². The number of amides is 1. The molecule has 7 aliphatic carbocycles. The van der Waals surface area contributed by atoms with Gasteiger partial charge in [-0.1, -0.05) is 16.3 Å². The normalized spacial score (nSPS) is 33.2. The first-order chi connectivity index (χ1) is 19.8. The molecule has 4 bridgehead atoms. The lowest BCUT2D eigenvalue weighted by Gasteiger charge is -2.66. The molecule has 1 amide bonds. The molecule has 7 aliphatic rings. The van der Waals surface area contributed by atoms with Crippen molar-refractivity contribution < 1.29 is 22.9 Å². The summed E-state index contributed by atoms with van der Waals surface area (Å²) in [5.41, 5.74) is 0.355. The molecular weight excluding hydrogens is 525 g/mol. The van der Waals surface area contributed by atoms with Gasteiger partial charge in [-0.3, -0.25) is 4.79 Å². The molecule has 10 rings (SSSR count). The maximum atomic E-state index is 14.3. The van der Waals surface area contributed by atoms with Crippen LogP contribution < -0.4 is 9.64 Å². The van der Waals surface area contributed by atoms with Crippen LogP contribution in [0.5, 0.6) is 6.08 Å². The summed E-state index contributed by atoms with van der Waals surface area (Å²) >= 11 is 0. The number of hydrogen-bond donors (Lipinski definition) is 0. The minimum absolute atomic E-state index is 0.0279. The topological polar surface area (TPSA) is 107 Å². The molecule has 2 aromatic heterocycles. The van der Waals surface area contributed by atoms with Crippen molar-refractivity contribution in [1.82, 2.24) is 20.3 Å². The molecule has 7 saturated carbocycles. The first-order valence-corrected chi connectivity index (χ1v) is 15.2. The minimum atomic E-state index is -1.02. The molecule has 0 N–H and O–H groups in total. The number of benzene rings is 1. The largest absolute Gasteiger partial charge is 0.449 e. The SMILES string of the molecule is CCOc1nnc(-c2cccc(N(CC34CCC(c5nc(C6CC6)no5)(CC3)CC4)C(=O)CC34CC(F)(C3)C4)c2)o1. The van der Waals surface area contributed by atoms with E-state index in [-0.39, 0.29) is 28.2 Å². The second-order valence-corrected chi connectivity index (χ2v) is 13.7. The number of alkyl halides is 1. The van der Waals surface area contributed by atoms with Crippen molar-refractivity contribution in [1.29, 1.82) is 0 Å². The summed E-state index contributed by atoms with van der Waals surface area (Å²) in [4.78, 5) is 20.8. The summed E-state index contributed by atoms with van der Waals surface area (Å²) in [6.45, 7) is 2.94. The molecule has 0 aliphatic heterocycles. The third-order valence-corrected chi connectivity index (χ3v) is 10.7. The molecule has 10 heteroatoms. The monoisotopic (exact) mass is 561 g/mol. The van der Waals surface area contributed by atoms with Gasteiger partial charge in [0.25, 0.3) is 5.89 Å². The van der Waals surface area contributed by atoms with E-state index in [0.717, 1.165) is 74.3 Å². The van der Waals surface area contributed by atoms with Crippen molar-refractivity contribution in [2.24, 2.45) is 10.8 Å². The number of hydrogen-bond acceptors (Lipinski definition) is 8. The fourth-order valence-electron chi connectivity index (χ4n) is 8.22. The molecular formula is C31H36FN5O4. The molecule has 7 fully saturated rings. The Hall–Kier alpha value is -3.30. The fraction of sp³-hybridized carbons (Fsp3) is 0.645. The molecule has 3 aromatic rings. The van der Waals surface area contributed by atoms with Crippen molar-refractivity contribution in [3.05, 3.63) is 36.0 Å². The average Bonchev–Trinajstić information content (AvgIpc) is 3.48. The van der Waals surface area contributed by atoms with Gasteiger partial charge in [0.05, 0.1) is 6.61 Å². The summed E-state index contributed by atoms with van der Waals surface area (Å²) in [6.07, 6.45) is 10.4.